The minimum atomic E-state index is 0.571. The summed E-state index contributed by atoms with van der Waals surface area (Å²) in [5, 5.41) is 0. The number of hydrogen-bond acceptors (Lipinski definition) is 3. The molecule has 2 nitrogen and oxygen atoms in total. The van der Waals surface area contributed by atoms with E-state index in [0.29, 0.717) is 10.4 Å². The summed E-state index contributed by atoms with van der Waals surface area (Å²) in [7, 11) is 0. The van der Waals surface area contributed by atoms with Gasteiger partial charge in [-0.05, 0) is 54.7 Å². The van der Waals surface area contributed by atoms with Gasteiger partial charge in [0.05, 0.1) is 0 Å². The van der Waals surface area contributed by atoms with E-state index in [2.05, 4.69) is 16.3 Å². The fourth-order valence-corrected chi connectivity index (χ4v) is 3.18. The van der Waals surface area contributed by atoms with Gasteiger partial charge in [0, 0.05) is 5.92 Å². The van der Waals surface area contributed by atoms with Gasteiger partial charge in [0.15, 0.2) is 0 Å². The van der Waals surface area contributed by atoms with Crippen molar-refractivity contribution in [2.45, 2.75) is 51.4 Å². The van der Waals surface area contributed by atoms with Gasteiger partial charge in [0.1, 0.15) is 5.82 Å². The van der Waals surface area contributed by atoms with Crippen molar-refractivity contribution < 1.29 is 0 Å². The van der Waals surface area contributed by atoms with Crippen molar-refractivity contribution in [3.05, 3.63) is 10.3 Å². The summed E-state index contributed by atoms with van der Waals surface area (Å²) >= 11 is 7.12. The molecule has 1 aromatic heterocycles. The minimum absolute atomic E-state index is 0.571. The Morgan fingerprint density at radius 1 is 1.33 bits per heavy atom. The molecule has 0 spiro atoms. The molecule has 1 aliphatic carbocycles. The van der Waals surface area contributed by atoms with Gasteiger partial charge in [-0.1, -0.05) is 19.8 Å². The van der Waals surface area contributed by atoms with E-state index in [-0.39, 0.29) is 0 Å². The van der Waals surface area contributed by atoms with Crippen LogP contribution >= 0.6 is 23.1 Å². The highest BCUT2D eigenvalue weighted by Gasteiger charge is 2.24. The topological polar surface area (TPSA) is 25.8 Å². The zero-order valence-corrected chi connectivity index (χ0v) is 10.7. The van der Waals surface area contributed by atoms with Crippen LogP contribution in [0.15, 0.2) is 0 Å². The van der Waals surface area contributed by atoms with E-state index in [1.54, 1.807) is 0 Å². The SMILES string of the molecule is CCCC1CCC(c2nsc(Cl)n2)CC1. The Morgan fingerprint density at radius 3 is 2.60 bits per heavy atom. The van der Waals surface area contributed by atoms with E-state index in [0.717, 1.165) is 11.7 Å². The van der Waals surface area contributed by atoms with Crippen molar-refractivity contribution in [1.82, 2.24) is 9.36 Å². The van der Waals surface area contributed by atoms with Crippen LogP contribution in [0.3, 0.4) is 0 Å². The maximum absolute atomic E-state index is 5.80. The van der Waals surface area contributed by atoms with Gasteiger partial charge >= 0.3 is 0 Å². The van der Waals surface area contributed by atoms with E-state index >= 15 is 0 Å². The molecule has 0 aromatic carbocycles. The maximum atomic E-state index is 5.80. The van der Waals surface area contributed by atoms with Gasteiger partial charge < -0.3 is 0 Å². The maximum Gasteiger partial charge on any atom is 0.203 e. The predicted octanol–water partition coefficient (Wildman–Crippen LogP) is 4.27. The Bertz CT molecular complexity index is 305. The summed E-state index contributed by atoms with van der Waals surface area (Å²) in [6.45, 7) is 2.27. The van der Waals surface area contributed by atoms with Crippen LogP contribution in [-0.2, 0) is 0 Å². The molecule has 15 heavy (non-hydrogen) atoms. The zero-order chi connectivity index (χ0) is 10.7. The summed E-state index contributed by atoms with van der Waals surface area (Å²) in [5.41, 5.74) is 0. The lowest BCUT2D eigenvalue weighted by Crippen LogP contribution is -2.14. The highest BCUT2D eigenvalue weighted by molar-refractivity contribution is 7.10. The van der Waals surface area contributed by atoms with Gasteiger partial charge in [-0.25, -0.2) is 4.98 Å². The summed E-state index contributed by atoms with van der Waals surface area (Å²) < 4.78 is 4.89. The van der Waals surface area contributed by atoms with Gasteiger partial charge in [0.2, 0.25) is 4.47 Å². The number of rotatable bonds is 3. The second-order valence-electron chi connectivity index (χ2n) is 4.41. The second kappa shape index (κ2) is 5.26. The highest BCUT2D eigenvalue weighted by atomic mass is 35.5. The van der Waals surface area contributed by atoms with Gasteiger partial charge in [-0.3, -0.25) is 0 Å². The fourth-order valence-electron chi connectivity index (χ4n) is 2.50. The first-order chi connectivity index (χ1) is 7.29. The largest absolute Gasteiger partial charge is 0.208 e. The molecule has 84 valence electrons. The van der Waals surface area contributed by atoms with Crippen LogP contribution in [-0.4, -0.2) is 9.36 Å². The van der Waals surface area contributed by atoms with E-state index in [1.807, 2.05) is 0 Å². The van der Waals surface area contributed by atoms with Gasteiger partial charge in [-0.15, -0.1) is 0 Å². The van der Waals surface area contributed by atoms with Crippen LogP contribution < -0.4 is 0 Å². The van der Waals surface area contributed by atoms with Crippen LogP contribution in [0.4, 0.5) is 0 Å². The van der Waals surface area contributed by atoms with Crippen molar-refractivity contribution in [3.8, 4) is 0 Å². The first-order valence-corrected chi connectivity index (χ1v) is 6.93. The van der Waals surface area contributed by atoms with Crippen LogP contribution in [0, 0.1) is 5.92 Å². The molecular weight excluding hydrogens is 228 g/mol. The van der Waals surface area contributed by atoms with Crippen LogP contribution in [0.5, 0.6) is 0 Å². The smallest absolute Gasteiger partial charge is 0.203 e. The summed E-state index contributed by atoms with van der Waals surface area (Å²) in [6, 6.07) is 0. The predicted molar refractivity (Wildman–Crippen MR) is 64.5 cm³/mol. The third-order valence-electron chi connectivity index (χ3n) is 3.33. The number of hydrogen-bond donors (Lipinski definition) is 0. The van der Waals surface area contributed by atoms with E-state index in [1.165, 1.54) is 50.1 Å². The molecule has 1 aromatic rings. The van der Waals surface area contributed by atoms with Crippen molar-refractivity contribution in [2.75, 3.05) is 0 Å². The number of halogens is 1. The molecule has 0 unspecified atom stereocenters. The van der Waals surface area contributed by atoms with Crippen molar-refractivity contribution in [3.63, 3.8) is 0 Å². The van der Waals surface area contributed by atoms with Crippen LogP contribution in [0.25, 0.3) is 0 Å². The first kappa shape index (κ1) is 11.3. The molecule has 0 N–H and O–H groups in total. The molecule has 0 atom stereocenters. The molecule has 1 heterocycles. The average molecular weight is 245 g/mol. The first-order valence-electron chi connectivity index (χ1n) is 5.78. The fraction of sp³-hybridized carbons (Fsp3) is 0.818. The second-order valence-corrected chi connectivity index (χ2v) is 5.75. The third-order valence-corrected chi connectivity index (χ3v) is 4.14. The number of aromatic nitrogens is 2. The van der Waals surface area contributed by atoms with Crippen LogP contribution in [0.2, 0.25) is 4.47 Å². The lowest BCUT2D eigenvalue weighted by Gasteiger charge is -2.26. The molecule has 1 fully saturated rings. The summed E-state index contributed by atoms with van der Waals surface area (Å²) in [4.78, 5) is 4.28. The molecule has 0 aliphatic heterocycles. The molecule has 1 aliphatic rings. The quantitative estimate of drug-likeness (QED) is 0.794. The lowest BCUT2D eigenvalue weighted by atomic mass is 9.80. The standard InChI is InChI=1S/C11H17ClN2S/c1-2-3-8-4-6-9(7-5-8)10-13-11(12)15-14-10/h8-9H,2-7H2,1H3. The minimum Gasteiger partial charge on any atom is -0.208 e. The summed E-state index contributed by atoms with van der Waals surface area (Å²) in [5.74, 6) is 2.50. The number of nitrogens with zero attached hydrogens (tertiary/aromatic N) is 2. The Labute approximate surface area is 100 Å². The molecule has 4 heteroatoms. The van der Waals surface area contributed by atoms with Gasteiger partial charge in [-0.2, -0.15) is 4.37 Å². The van der Waals surface area contributed by atoms with E-state index in [4.69, 9.17) is 11.6 Å². The van der Waals surface area contributed by atoms with Crippen molar-refractivity contribution in [2.24, 2.45) is 5.92 Å². The molecule has 0 amide bonds. The molecule has 0 radical (unpaired) electrons. The van der Waals surface area contributed by atoms with E-state index in [9.17, 15) is 0 Å². The van der Waals surface area contributed by atoms with Gasteiger partial charge in [0.25, 0.3) is 0 Å². The Balaban J connectivity index is 1.88. The Hall–Kier alpha value is -0.150. The lowest BCUT2D eigenvalue weighted by molar-refractivity contribution is 0.303. The van der Waals surface area contributed by atoms with Crippen LogP contribution in [0.1, 0.15) is 57.2 Å². The molecule has 1 saturated carbocycles. The third kappa shape index (κ3) is 2.91. The normalized spacial score (nSPS) is 26.8. The summed E-state index contributed by atoms with van der Waals surface area (Å²) in [6.07, 6.45) is 7.88. The molecule has 0 bridgehead atoms. The Kier molecular flexibility index (Phi) is 3.98. The highest BCUT2D eigenvalue weighted by Crippen LogP contribution is 2.36. The molecular formula is C11H17ClN2S. The van der Waals surface area contributed by atoms with E-state index < -0.39 is 0 Å². The zero-order valence-electron chi connectivity index (χ0n) is 9.08. The average Bonchev–Trinajstić information content (AvgIpc) is 2.67. The molecule has 0 saturated heterocycles. The monoisotopic (exact) mass is 244 g/mol. The van der Waals surface area contributed by atoms with Crippen molar-refractivity contribution in [1.29, 1.82) is 0 Å². The van der Waals surface area contributed by atoms with Crippen molar-refractivity contribution >= 4 is 23.1 Å². The molecule has 2 rings (SSSR count). The Morgan fingerprint density at radius 2 is 2.07 bits per heavy atom.